The van der Waals surface area contributed by atoms with Gasteiger partial charge in [0.05, 0.1) is 18.1 Å². The first-order valence-electron chi connectivity index (χ1n) is 9.05. The van der Waals surface area contributed by atoms with Crippen molar-refractivity contribution in [3.63, 3.8) is 0 Å². The molecule has 0 radical (unpaired) electrons. The molecule has 0 amide bonds. The van der Waals surface area contributed by atoms with Crippen LogP contribution < -0.4 is 4.74 Å². The summed E-state index contributed by atoms with van der Waals surface area (Å²) in [5, 5.41) is 0. The molecule has 148 valence electrons. The molecule has 0 saturated heterocycles. The normalized spacial score (nSPS) is 12.0. The Labute approximate surface area is 157 Å². The Morgan fingerprint density at radius 3 is 2.19 bits per heavy atom. The van der Waals surface area contributed by atoms with Crippen molar-refractivity contribution in [2.45, 2.75) is 45.9 Å². The molecule has 0 aliphatic rings. The van der Waals surface area contributed by atoms with E-state index in [1.807, 2.05) is 13.8 Å². The maximum absolute atomic E-state index is 12.9. The Kier molecular flexibility index (Phi) is 9.08. The number of rotatable bonds is 11. The Morgan fingerprint density at radius 1 is 1.08 bits per heavy atom. The zero-order chi connectivity index (χ0) is 19.7. The Bertz CT molecular complexity index is 653. The topological polar surface area (TPSA) is 72.9 Å². The third kappa shape index (κ3) is 7.33. The fraction of sp³-hybridized carbons (Fsp3) is 0.632. The molecule has 0 heterocycles. The molecule has 1 aromatic rings. The number of carbonyl (C=O) groups is 1. The van der Waals surface area contributed by atoms with Crippen LogP contribution >= 0.6 is 0 Å². The molecule has 0 unspecified atom stereocenters. The van der Waals surface area contributed by atoms with Gasteiger partial charge in [0.2, 0.25) is 10.0 Å². The van der Waals surface area contributed by atoms with E-state index in [1.165, 1.54) is 16.4 Å². The maximum atomic E-state index is 12.9. The second-order valence-corrected chi connectivity index (χ2v) is 8.94. The predicted octanol–water partition coefficient (Wildman–Crippen LogP) is 3.32. The minimum atomic E-state index is -3.78. The molecule has 6 nitrogen and oxygen atoms in total. The highest BCUT2D eigenvalue weighted by atomic mass is 32.2. The van der Waals surface area contributed by atoms with Crippen molar-refractivity contribution in [3.05, 3.63) is 24.3 Å². The summed E-state index contributed by atoms with van der Waals surface area (Å²) in [6, 6.07) is 6.31. The average molecular weight is 386 g/mol. The zero-order valence-electron chi connectivity index (χ0n) is 16.4. The Morgan fingerprint density at radius 2 is 1.69 bits per heavy atom. The van der Waals surface area contributed by atoms with Gasteiger partial charge in [-0.15, -0.1) is 0 Å². The largest absolute Gasteiger partial charge is 0.494 e. The predicted molar refractivity (Wildman–Crippen MR) is 102 cm³/mol. The number of nitrogens with zero attached hydrogens (tertiary/aromatic N) is 1. The van der Waals surface area contributed by atoms with Crippen molar-refractivity contribution < 1.29 is 22.7 Å². The van der Waals surface area contributed by atoms with E-state index in [0.717, 1.165) is 6.42 Å². The van der Waals surface area contributed by atoms with Crippen molar-refractivity contribution in [2.75, 3.05) is 26.3 Å². The number of ether oxygens (including phenoxy) is 2. The van der Waals surface area contributed by atoms with Gasteiger partial charge >= 0.3 is 5.97 Å². The summed E-state index contributed by atoms with van der Waals surface area (Å²) in [6.45, 7) is 10.5. The first-order valence-corrected chi connectivity index (χ1v) is 10.5. The van der Waals surface area contributed by atoms with Crippen LogP contribution in [0.25, 0.3) is 0 Å². The minimum absolute atomic E-state index is 0.0813. The van der Waals surface area contributed by atoms with E-state index in [4.69, 9.17) is 9.47 Å². The molecule has 0 aliphatic carbocycles. The van der Waals surface area contributed by atoms with Crippen molar-refractivity contribution in [3.8, 4) is 5.75 Å². The monoisotopic (exact) mass is 385 g/mol. The van der Waals surface area contributed by atoms with E-state index >= 15 is 0 Å². The van der Waals surface area contributed by atoms with Crippen LogP contribution in [0.1, 0.15) is 41.0 Å². The van der Waals surface area contributed by atoms with Crippen LogP contribution in [-0.2, 0) is 19.6 Å². The average Bonchev–Trinajstić information content (AvgIpc) is 2.54. The van der Waals surface area contributed by atoms with Crippen LogP contribution in [0.5, 0.6) is 5.75 Å². The molecule has 0 spiro atoms. The lowest BCUT2D eigenvalue weighted by atomic mass is 10.1. The fourth-order valence-electron chi connectivity index (χ4n) is 2.27. The highest BCUT2D eigenvalue weighted by Gasteiger charge is 2.27. The molecule has 0 fully saturated rings. The van der Waals surface area contributed by atoms with Gasteiger partial charge in [0.25, 0.3) is 0 Å². The van der Waals surface area contributed by atoms with Crippen molar-refractivity contribution >= 4 is 16.0 Å². The van der Waals surface area contributed by atoms with Crippen molar-refractivity contribution in [2.24, 2.45) is 11.8 Å². The molecule has 0 aliphatic heterocycles. The molecular formula is C19H31NO5S. The first-order chi connectivity index (χ1) is 12.2. The summed E-state index contributed by atoms with van der Waals surface area (Å²) >= 11 is 0. The van der Waals surface area contributed by atoms with Gasteiger partial charge in [0.15, 0.2) is 0 Å². The number of hydrogen-bond donors (Lipinski definition) is 0. The van der Waals surface area contributed by atoms with Crippen molar-refractivity contribution in [1.82, 2.24) is 4.31 Å². The number of hydrogen-bond acceptors (Lipinski definition) is 5. The molecule has 7 heteroatoms. The second-order valence-electron chi connectivity index (χ2n) is 7.00. The highest BCUT2D eigenvalue weighted by Crippen LogP contribution is 2.21. The van der Waals surface area contributed by atoms with Crippen LogP contribution in [0.2, 0.25) is 0 Å². The zero-order valence-corrected chi connectivity index (χ0v) is 17.2. The van der Waals surface area contributed by atoms with Gasteiger partial charge < -0.3 is 9.47 Å². The number of benzene rings is 1. The molecule has 1 aromatic carbocycles. The lowest BCUT2D eigenvalue weighted by Gasteiger charge is -2.23. The molecule has 0 saturated carbocycles. The second kappa shape index (κ2) is 10.5. The van der Waals surface area contributed by atoms with E-state index in [9.17, 15) is 13.2 Å². The molecule has 26 heavy (non-hydrogen) atoms. The van der Waals surface area contributed by atoms with E-state index in [2.05, 4.69) is 13.8 Å². The summed E-state index contributed by atoms with van der Waals surface area (Å²) in [6.07, 6.45) is 0.932. The molecule has 0 bridgehead atoms. The van der Waals surface area contributed by atoms with E-state index in [1.54, 1.807) is 19.1 Å². The number of esters is 1. The van der Waals surface area contributed by atoms with Gasteiger partial charge in [-0.05, 0) is 49.4 Å². The maximum Gasteiger partial charge on any atom is 0.321 e. The van der Waals surface area contributed by atoms with Crippen LogP contribution in [0.4, 0.5) is 0 Å². The molecule has 1 rings (SSSR count). The van der Waals surface area contributed by atoms with Gasteiger partial charge in [-0.25, -0.2) is 8.42 Å². The van der Waals surface area contributed by atoms with Gasteiger partial charge in [0, 0.05) is 6.54 Å². The smallest absolute Gasteiger partial charge is 0.321 e. The summed E-state index contributed by atoms with van der Waals surface area (Å²) < 4.78 is 37.5. The van der Waals surface area contributed by atoms with Crippen LogP contribution in [0, 0.1) is 11.8 Å². The van der Waals surface area contributed by atoms with Gasteiger partial charge in [-0.1, -0.05) is 27.7 Å². The lowest BCUT2D eigenvalue weighted by Crippen LogP contribution is -2.38. The van der Waals surface area contributed by atoms with Crippen LogP contribution in [0.15, 0.2) is 29.2 Å². The van der Waals surface area contributed by atoms with Crippen molar-refractivity contribution in [1.29, 1.82) is 0 Å². The Balaban J connectivity index is 2.91. The van der Waals surface area contributed by atoms with Crippen LogP contribution in [0.3, 0.4) is 0 Å². The molecule has 0 N–H and O–H groups in total. The molecular weight excluding hydrogens is 354 g/mol. The van der Waals surface area contributed by atoms with E-state index < -0.39 is 16.0 Å². The van der Waals surface area contributed by atoms with Gasteiger partial charge in [-0.2, -0.15) is 4.31 Å². The van der Waals surface area contributed by atoms with Gasteiger partial charge in [-0.3, -0.25) is 4.79 Å². The fourth-order valence-corrected chi connectivity index (χ4v) is 3.82. The Hall–Kier alpha value is -1.60. The molecule has 0 atom stereocenters. The minimum Gasteiger partial charge on any atom is -0.494 e. The van der Waals surface area contributed by atoms with E-state index in [0.29, 0.717) is 18.3 Å². The summed E-state index contributed by atoms with van der Waals surface area (Å²) in [5.41, 5.74) is 0. The third-order valence-corrected chi connectivity index (χ3v) is 5.43. The summed E-state index contributed by atoms with van der Waals surface area (Å²) in [5.74, 6) is 0.704. The van der Waals surface area contributed by atoms with E-state index in [-0.39, 0.29) is 30.5 Å². The lowest BCUT2D eigenvalue weighted by molar-refractivity contribution is -0.143. The standard InChI is InChI=1S/C19H31NO5S/c1-6-24-19(21)14-20(13-16(4)5)26(22,23)18-9-7-17(8-10-18)25-12-11-15(2)3/h7-10,15-16H,6,11-14H2,1-5H3. The summed E-state index contributed by atoms with van der Waals surface area (Å²) in [7, 11) is -3.78. The molecule has 0 aromatic heterocycles. The quantitative estimate of drug-likeness (QED) is 0.546. The third-order valence-electron chi connectivity index (χ3n) is 3.61. The van der Waals surface area contributed by atoms with Crippen LogP contribution in [-0.4, -0.2) is 45.0 Å². The highest BCUT2D eigenvalue weighted by molar-refractivity contribution is 7.89. The number of carbonyl (C=O) groups excluding carboxylic acids is 1. The summed E-state index contributed by atoms with van der Waals surface area (Å²) in [4.78, 5) is 11.9. The first kappa shape index (κ1) is 22.4. The SMILES string of the molecule is CCOC(=O)CN(CC(C)C)S(=O)(=O)c1ccc(OCCC(C)C)cc1. The number of sulfonamides is 1. The van der Waals surface area contributed by atoms with Gasteiger partial charge in [0.1, 0.15) is 12.3 Å².